The van der Waals surface area contributed by atoms with Crippen molar-refractivity contribution in [2.75, 3.05) is 7.11 Å². The molecule has 0 bridgehead atoms. The smallest absolute Gasteiger partial charge is 0.342 e. The van der Waals surface area contributed by atoms with Crippen LogP contribution in [0.3, 0.4) is 0 Å². The van der Waals surface area contributed by atoms with E-state index in [2.05, 4.69) is 4.74 Å². The maximum atomic E-state index is 13.2. The van der Waals surface area contributed by atoms with E-state index in [-0.39, 0.29) is 10.6 Å². The van der Waals surface area contributed by atoms with Crippen molar-refractivity contribution >= 4 is 17.6 Å². The van der Waals surface area contributed by atoms with Crippen molar-refractivity contribution in [2.45, 2.75) is 6.92 Å². The first-order chi connectivity index (χ1) is 6.06. The third kappa shape index (κ3) is 1.98. The molecule has 0 aromatic heterocycles. The van der Waals surface area contributed by atoms with Gasteiger partial charge in [0.25, 0.3) is 0 Å². The van der Waals surface area contributed by atoms with Gasteiger partial charge in [0.2, 0.25) is 0 Å². The fraction of sp³-hybridized carbons (Fsp3) is 0.222. The number of hydrogen-bond donors (Lipinski definition) is 0. The normalized spacial score (nSPS) is 9.85. The average Bonchev–Trinajstić information content (AvgIpc) is 2.02. The predicted molar refractivity (Wildman–Crippen MR) is 47.5 cm³/mol. The topological polar surface area (TPSA) is 26.3 Å². The van der Waals surface area contributed by atoms with E-state index in [1.165, 1.54) is 19.2 Å². The molecule has 0 saturated carbocycles. The summed E-state index contributed by atoms with van der Waals surface area (Å²) in [5, 5.41) is 0.0735. The molecule has 0 saturated heterocycles. The Hall–Kier alpha value is -1.09. The maximum Gasteiger partial charge on any atom is 0.342 e. The highest BCUT2D eigenvalue weighted by Crippen LogP contribution is 2.21. The largest absolute Gasteiger partial charge is 0.465 e. The van der Waals surface area contributed by atoms with Crippen LogP contribution < -0.4 is 0 Å². The Balaban J connectivity index is 3.28. The Morgan fingerprint density at radius 3 is 2.62 bits per heavy atom. The third-order valence-corrected chi connectivity index (χ3v) is 1.87. The van der Waals surface area contributed by atoms with Crippen LogP contribution in [0.4, 0.5) is 4.39 Å². The number of esters is 1. The molecule has 1 aromatic rings. The van der Waals surface area contributed by atoms with Gasteiger partial charge in [0.15, 0.2) is 0 Å². The Morgan fingerprint density at radius 2 is 2.15 bits per heavy atom. The molecule has 0 radical (unpaired) electrons. The first-order valence-electron chi connectivity index (χ1n) is 3.60. The standard InChI is InChI=1S/C9H8ClFO2/c1-5-3-6(10)8(7(11)4-5)9(12)13-2/h3-4H,1-2H3. The number of rotatable bonds is 1. The van der Waals surface area contributed by atoms with Crippen molar-refractivity contribution in [1.82, 2.24) is 0 Å². The van der Waals surface area contributed by atoms with Gasteiger partial charge in [-0.1, -0.05) is 11.6 Å². The minimum Gasteiger partial charge on any atom is -0.465 e. The molecule has 1 aromatic carbocycles. The number of halogens is 2. The molecule has 0 N–H and O–H groups in total. The number of methoxy groups -OCH3 is 1. The van der Waals surface area contributed by atoms with Crippen LogP contribution in [0.15, 0.2) is 12.1 Å². The Morgan fingerprint density at radius 1 is 1.54 bits per heavy atom. The quantitative estimate of drug-likeness (QED) is 0.655. The van der Waals surface area contributed by atoms with Crippen LogP contribution in [0.2, 0.25) is 5.02 Å². The van der Waals surface area contributed by atoms with E-state index in [9.17, 15) is 9.18 Å². The summed E-state index contributed by atoms with van der Waals surface area (Å²) in [6.07, 6.45) is 0. The molecule has 4 heteroatoms. The predicted octanol–water partition coefficient (Wildman–Crippen LogP) is 2.57. The third-order valence-electron chi connectivity index (χ3n) is 1.58. The SMILES string of the molecule is COC(=O)c1c(F)cc(C)cc1Cl. The van der Waals surface area contributed by atoms with Crippen molar-refractivity contribution in [3.63, 3.8) is 0 Å². The van der Waals surface area contributed by atoms with Gasteiger partial charge in [0.05, 0.1) is 12.1 Å². The summed E-state index contributed by atoms with van der Waals surface area (Å²) in [5.41, 5.74) is 0.449. The summed E-state index contributed by atoms with van der Waals surface area (Å²) in [6, 6.07) is 2.75. The van der Waals surface area contributed by atoms with Crippen LogP contribution in [-0.2, 0) is 4.74 Å². The van der Waals surface area contributed by atoms with Gasteiger partial charge in [-0.3, -0.25) is 0 Å². The fourth-order valence-corrected chi connectivity index (χ4v) is 1.34. The molecule has 13 heavy (non-hydrogen) atoms. The van der Waals surface area contributed by atoms with Crippen LogP contribution in [0.1, 0.15) is 15.9 Å². The van der Waals surface area contributed by atoms with E-state index in [4.69, 9.17) is 11.6 Å². The van der Waals surface area contributed by atoms with Gasteiger partial charge in [0, 0.05) is 0 Å². The molecule has 2 nitrogen and oxygen atoms in total. The van der Waals surface area contributed by atoms with E-state index in [0.29, 0.717) is 5.56 Å². The van der Waals surface area contributed by atoms with Crippen molar-refractivity contribution in [3.05, 3.63) is 34.1 Å². The van der Waals surface area contributed by atoms with Gasteiger partial charge in [-0.05, 0) is 24.6 Å². The summed E-state index contributed by atoms with van der Waals surface area (Å²) in [5.74, 6) is -1.42. The Bertz CT molecular complexity index is 326. The van der Waals surface area contributed by atoms with E-state index < -0.39 is 11.8 Å². The highest BCUT2D eigenvalue weighted by Gasteiger charge is 2.16. The Kier molecular flexibility index (Phi) is 2.88. The van der Waals surface area contributed by atoms with Crippen LogP contribution in [0.5, 0.6) is 0 Å². The molecule has 1 rings (SSSR count). The lowest BCUT2D eigenvalue weighted by Gasteiger charge is -2.04. The zero-order valence-electron chi connectivity index (χ0n) is 7.23. The molecule has 0 fully saturated rings. The first kappa shape index (κ1) is 9.99. The molecule has 0 atom stereocenters. The van der Waals surface area contributed by atoms with Crippen LogP contribution in [0.25, 0.3) is 0 Å². The molecule has 0 aliphatic heterocycles. The lowest BCUT2D eigenvalue weighted by molar-refractivity contribution is 0.0595. The average molecular weight is 203 g/mol. The Labute approximate surface area is 80.3 Å². The summed E-state index contributed by atoms with van der Waals surface area (Å²) in [4.78, 5) is 11.0. The summed E-state index contributed by atoms with van der Waals surface area (Å²) >= 11 is 5.67. The van der Waals surface area contributed by atoms with Gasteiger partial charge in [-0.15, -0.1) is 0 Å². The van der Waals surface area contributed by atoms with Gasteiger partial charge >= 0.3 is 5.97 Å². The van der Waals surface area contributed by atoms with Gasteiger partial charge in [-0.2, -0.15) is 0 Å². The van der Waals surface area contributed by atoms with Crippen molar-refractivity contribution in [1.29, 1.82) is 0 Å². The number of benzene rings is 1. The second kappa shape index (κ2) is 3.75. The maximum absolute atomic E-state index is 13.2. The number of ether oxygens (including phenoxy) is 1. The summed E-state index contributed by atoms with van der Waals surface area (Å²) < 4.78 is 17.5. The minimum absolute atomic E-state index is 0.0735. The zero-order valence-corrected chi connectivity index (χ0v) is 7.98. The molecule has 0 spiro atoms. The second-order valence-electron chi connectivity index (χ2n) is 2.60. The van der Waals surface area contributed by atoms with Crippen LogP contribution in [0, 0.1) is 12.7 Å². The van der Waals surface area contributed by atoms with E-state index in [0.717, 1.165) is 0 Å². The van der Waals surface area contributed by atoms with Crippen molar-refractivity contribution in [2.24, 2.45) is 0 Å². The van der Waals surface area contributed by atoms with E-state index in [1.807, 2.05) is 0 Å². The molecule has 0 aliphatic carbocycles. The zero-order chi connectivity index (χ0) is 10.0. The van der Waals surface area contributed by atoms with Crippen LogP contribution >= 0.6 is 11.6 Å². The van der Waals surface area contributed by atoms with Gasteiger partial charge in [0.1, 0.15) is 11.4 Å². The summed E-state index contributed by atoms with van der Waals surface area (Å²) in [6.45, 7) is 1.69. The lowest BCUT2D eigenvalue weighted by atomic mass is 10.1. The van der Waals surface area contributed by atoms with E-state index in [1.54, 1.807) is 6.92 Å². The highest BCUT2D eigenvalue weighted by molar-refractivity contribution is 6.33. The molecule has 0 aliphatic rings. The van der Waals surface area contributed by atoms with Gasteiger partial charge < -0.3 is 4.74 Å². The number of carbonyl (C=O) groups excluding carboxylic acids is 1. The number of hydrogen-bond acceptors (Lipinski definition) is 2. The first-order valence-corrected chi connectivity index (χ1v) is 3.98. The van der Waals surface area contributed by atoms with Crippen molar-refractivity contribution in [3.8, 4) is 0 Å². The van der Waals surface area contributed by atoms with Crippen molar-refractivity contribution < 1.29 is 13.9 Å². The van der Waals surface area contributed by atoms with E-state index >= 15 is 0 Å². The van der Waals surface area contributed by atoms with Crippen LogP contribution in [-0.4, -0.2) is 13.1 Å². The lowest BCUT2D eigenvalue weighted by Crippen LogP contribution is -2.05. The minimum atomic E-state index is -0.762. The second-order valence-corrected chi connectivity index (χ2v) is 3.00. The molecular formula is C9H8ClFO2. The van der Waals surface area contributed by atoms with Gasteiger partial charge in [-0.25, -0.2) is 9.18 Å². The fourth-order valence-electron chi connectivity index (χ4n) is 0.997. The monoisotopic (exact) mass is 202 g/mol. The number of carbonyl (C=O) groups is 1. The molecule has 0 unspecified atom stereocenters. The number of aryl methyl sites for hydroxylation is 1. The summed E-state index contributed by atoms with van der Waals surface area (Å²) in [7, 11) is 1.18. The molecule has 70 valence electrons. The molecule has 0 amide bonds. The molecular weight excluding hydrogens is 195 g/mol. The molecule has 0 heterocycles. The highest BCUT2D eigenvalue weighted by atomic mass is 35.5.